The van der Waals surface area contributed by atoms with Gasteiger partial charge in [-0.05, 0) is 67.4 Å². The lowest BCUT2D eigenvalue weighted by atomic mass is 9.81. The van der Waals surface area contributed by atoms with Gasteiger partial charge < -0.3 is 4.90 Å². The summed E-state index contributed by atoms with van der Waals surface area (Å²) in [5, 5.41) is 10.1. The number of thioether (sulfide) groups is 1. The molecule has 0 saturated carbocycles. The number of likely N-dealkylation sites (N-methyl/N-ethyl adjacent to an activating group) is 1. The van der Waals surface area contributed by atoms with Gasteiger partial charge in [-0.2, -0.15) is 9.68 Å². The van der Waals surface area contributed by atoms with E-state index in [9.17, 15) is 0 Å². The molecule has 3 heterocycles. The summed E-state index contributed by atoms with van der Waals surface area (Å²) in [6, 6.07) is 17.6. The highest BCUT2D eigenvalue weighted by molar-refractivity contribution is 8.13. The van der Waals surface area contributed by atoms with E-state index in [2.05, 4.69) is 141 Å². The molecule has 0 saturated heterocycles. The number of para-hydroxylation sites is 2. The van der Waals surface area contributed by atoms with Crippen molar-refractivity contribution in [2.24, 2.45) is 10.2 Å². The molecule has 0 atom stereocenters. The highest BCUT2D eigenvalue weighted by atomic mass is 32.2. The molecule has 3 aliphatic heterocycles. The van der Waals surface area contributed by atoms with Gasteiger partial charge in [0.1, 0.15) is 12.1 Å². The maximum Gasteiger partial charge on any atom is 0.209 e. The van der Waals surface area contributed by atoms with Crippen LogP contribution in [0.2, 0.25) is 0 Å². The minimum atomic E-state index is -0.0332. The van der Waals surface area contributed by atoms with Gasteiger partial charge in [-0.15, -0.1) is 16.9 Å². The second-order valence-electron chi connectivity index (χ2n) is 12.6. The lowest BCUT2D eigenvalue weighted by Crippen LogP contribution is -2.26. The van der Waals surface area contributed by atoms with Gasteiger partial charge in [0.05, 0.1) is 11.1 Å². The molecule has 210 valence electrons. The van der Waals surface area contributed by atoms with Gasteiger partial charge in [0, 0.05) is 54.4 Å². The Labute approximate surface area is 249 Å². The van der Waals surface area contributed by atoms with E-state index in [1.165, 1.54) is 56.3 Å². The molecule has 6 rings (SSSR count). The predicted molar refractivity (Wildman–Crippen MR) is 177 cm³/mol. The lowest BCUT2D eigenvalue weighted by Gasteiger charge is -2.24. The van der Waals surface area contributed by atoms with Crippen LogP contribution in [0.5, 0.6) is 0 Å². The second kappa shape index (κ2) is 10.4. The molecule has 4 nitrogen and oxygen atoms in total. The van der Waals surface area contributed by atoms with Crippen molar-refractivity contribution in [3.05, 3.63) is 106 Å². The maximum absolute atomic E-state index is 4.58. The fourth-order valence-corrected chi connectivity index (χ4v) is 7.55. The van der Waals surface area contributed by atoms with Crippen LogP contribution in [0.15, 0.2) is 105 Å². The third-order valence-corrected chi connectivity index (χ3v) is 10.2. The zero-order chi connectivity index (χ0) is 28.9. The molecule has 4 aliphatic rings. The largest absolute Gasteiger partial charge is 0.347 e. The van der Waals surface area contributed by atoms with Crippen LogP contribution in [-0.2, 0) is 10.8 Å². The summed E-state index contributed by atoms with van der Waals surface area (Å²) in [7, 11) is 4.39. The molecule has 0 unspecified atom stereocenters. The van der Waals surface area contributed by atoms with E-state index in [1.807, 2.05) is 0 Å². The Morgan fingerprint density at radius 2 is 1.63 bits per heavy atom. The molecule has 41 heavy (non-hydrogen) atoms. The van der Waals surface area contributed by atoms with Crippen LogP contribution in [-0.4, -0.2) is 41.4 Å². The Balaban J connectivity index is 1.36. The smallest absolute Gasteiger partial charge is 0.209 e. The zero-order valence-electron chi connectivity index (χ0n) is 25.5. The standard InChI is InChI=1S/C36H41N4S/c1-35(2)28-12-8-10-14-30(28)39(5)32(35)20-18-24-16-17-25(27(24)22-26-23-34(41-7)38-37-26)19-21-33-36(3,4)29-13-9-11-15-31(29)40(33)6/h8-15,18-21H,16-17,22-23H2,1-7H3/q+1. The van der Waals surface area contributed by atoms with Gasteiger partial charge in [-0.3, -0.25) is 0 Å². The first kappa shape index (κ1) is 27.7. The van der Waals surface area contributed by atoms with Crippen molar-refractivity contribution in [1.29, 1.82) is 0 Å². The van der Waals surface area contributed by atoms with Crippen molar-refractivity contribution < 1.29 is 4.58 Å². The van der Waals surface area contributed by atoms with Crippen molar-refractivity contribution in [3.63, 3.8) is 0 Å². The molecule has 0 spiro atoms. The minimum Gasteiger partial charge on any atom is -0.347 e. The highest BCUT2D eigenvalue weighted by Crippen LogP contribution is 2.47. The van der Waals surface area contributed by atoms with Crippen molar-refractivity contribution in [3.8, 4) is 0 Å². The molecule has 0 aromatic heterocycles. The molecule has 2 aromatic rings. The van der Waals surface area contributed by atoms with Crippen LogP contribution in [0, 0.1) is 0 Å². The SMILES string of the molecule is CSC1=NN=C(CC2=C(/C=C/C3=[N+](C)c4ccccc4C3(C)C)CC/C2=C\C=C2\N(C)c3ccccc3C2(C)C)C1. The monoisotopic (exact) mass is 561 g/mol. The predicted octanol–water partition coefficient (Wildman–Crippen LogP) is 8.49. The summed E-state index contributed by atoms with van der Waals surface area (Å²) in [4.78, 5) is 2.36. The van der Waals surface area contributed by atoms with Crippen LogP contribution in [0.25, 0.3) is 0 Å². The topological polar surface area (TPSA) is 31.0 Å². The zero-order valence-corrected chi connectivity index (χ0v) is 26.3. The molecule has 1 aliphatic carbocycles. The normalized spacial score (nSPS) is 22.9. The van der Waals surface area contributed by atoms with E-state index >= 15 is 0 Å². The van der Waals surface area contributed by atoms with E-state index in [0.717, 1.165) is 30.7 Å². The average Bonchev–Trinajstić information content (AvgIpc) is 3.67. The molecular weight excluding hydrogens is 520 g/mol. The molecule has 5 heteroatoms. The summed E-state index contributed by atoms with van der Waals surface area (Å²) < 4.78 is 2.36. The first-order valence-electron chi connectivity index (χ1n) is 14.6. The number of hydrogen-bond donors (Lipinski definition) is 0. The van der Waals surface area contributed by atoms with E-state index in [1.54, 1.807) is 11.8 Å². The van der Waals surface area contributed by atoms with Gasteiger partial charge in [0.25, 0.3) is 0 Å². The van der Waals surface area contributed by atoms with E-state index in [4.69, 9.17) is 0 Å². The van der Waals surface area contributed by atoms with Crippen LogP contribution >= 0.6 is 11.8 Å². The first-order valence-corrected chi connectivity index (χ1v) is 15.9. The number of nitrogens with zero attached hydrogens (tertiary/aromatic N) is 4. The Morgan fingerprint density at radius 3 is 2.34 bits per heavy atom. The number of anilines is 1. The van der Waals surface area contributed by atoms with Gasteiger partial charge >= 0.3 is 0 Å². The Kier molecular flexibility index (Phi) is 7.05. The summed E-state index contributed by atoms with van der Waals surface area (Å²) in [5.41, 5.74) is 13.4. The molecule has 0 fully saturated rings. The Morgan fingerprint density at radius 1 is 0.902 bits per heavy atom. The fourth-order valence-electron chi connectivity index (χ4n) is 7.12. The number of hydrogen-bond acceptors (Lipinski definition) is 4. The number of allylic oxidation sites excluding steroid dienone is 8. The number of benzene rings is 2. The molecule has 0 bridgehead atoms. The highest BCUT2D eigenvalue weighted by Gasteiger charge is 2.42. The van der Waals surface area contributed by atoms with Crippen molar-refractivity contribution >= 4 is 39.6 Å². The molecule has 0 radical (unpaired) electrons. The van der Waals surface area contributed by atoms with Gasteiger partial charge in [-0.1, -0.05) is 62.4 Å². The van der Waals surface area contributed by atoms with Crippen LogP contribution in [0.1, 0.15) is 64.5 Å². The number of fused-ring (bicyclic) bond motifs is 2. The van der Waals surface area contributed by atoms with Crippen molar-refractivity contribution in [1.82, 2.24) is 0 Å². The van der Waals surface area contributed by atoms with Crippen LogP contribution in [0.3, 0.4) is 0 Å². The van der Waals surface area contributed by atoms with E-state index < -0.39 is 0 Å². The van der Waals surface area contributed by atoms with Crippen molar-refractivity contribution in [2.75, 3.05) is 25.3 Å². The minimum absolute atomic E-state index is 0.0332. The fraction of sp³-hybridized carbons (Fsp3) is 0.361. The third kappa shape index (κ3) is 4.68. The first-order chi connectivity index (χ1) is 19.6. The Hall–Kier alpha value is -3.44. The lowest BCUT2D eigenvalue weighted by molar-refractivity contribution is -0.401. The van der Waals surface area contributed by atoms with Crippen LogP contribution in [0.4, 0.5) is 11.4 Å². The van der Waals surface area contributed by atoms with Crippen molar-refractivity contribution in [2.45, 2.75) is 64.2 Å². The molecule has 2 aromatic carbocycles. The second-order valence-corrected chi connectivity index (χ2v) is 13.5. The van der Waals surface area contributed by atoms with Gasteiger partial charge in [0.15, 0.2) is 5.71 Å². The summed E-state index contributed by atoms with van der Waals surface area (Å²) in [5.74, 6) is 0. The van der Waals surface area contributed by atoms with E-state index in [-0.39, 0.29) is 10.8 Å². The maximum atomic E-state index is 4.58. The third-order valence-electron chi connectivity index (χ3n) is 9.48. The quantitative estimate of drug-likeness (QED) is 0.343. The van der Waals surface area contributed by atoms with E-state index in [0.29, 0.717) is 0 Å². The molecule has 0 amide bonds. The van der Waals surface area contributed by atoms with Gasteiger partial charge in [-0.25, -0.2) is 0 Å². The summed E-state index contributed by atoms with van der Waals surface area (Å²) in [6.07, 6.45) is 15.4. The molecule has 0 N–H and O–H groups in total. The number of rotatable bonds is 5. The summed E-state index contributed by atoms with van der Waals surface area (Å²) >= 11 is 1.70. The average molecular weight is 562 g/mol. The van der Waals surface area contributed by atoms with Gasteiger partial charge in [0.2, 0.25) is 5.69 Å². The molecular formula is C36H41N4S+. The summed E-state index contributed by atoms with van der Waals surface area (Å²) in [6.45, 7) is 9.34. The van der Waals surface area contributed by atoms with Crippen LogP contribution < -0.4 is 4.90 Å². The Bertz CT molecular complexity index is 1640.